The molecule has 1 aliphatic rings. The third kappa shape index (κ3) is 3.00. The maximum atomic E-state index is 13.6. The highest BCUT2D eigenvalue weighted by Crippen LogP contribution is 2.26. The summed E-state index contributed by atoms with van der Waals surface area (Å²) in [5, 5.41) is 8.49. The Morgan fingerprint density at radius 1 is 1.20 bits per heavy atom. The number of amides is 1. The third-order valence-electron chi connectivity index (χ3n) is 4.73. The predicted molar refractivity (Wildman–Crippen MR) is 94.7 cm³/mol. The summed E-state index contributed by atoms with van der Waals surface area (Å²) in [6.07, 6.45) is 1.64. The highest BCUT2D eigenvalue weighted by molar-refractivity contribution is 6.04. The molecule has 2 aromatic carbocycles. The van der Waals surface area contributed by atoms with Gasteiger partial charge in [0.05, 0.1) is 11.3 Å². The van der Waals surface area contributed by atoms with Gasteiger partial charge < -0.3 is 11.1 Å². The van der Waals surface area contributed by atoms with Gasteiger partial charge in [0.2, 0.25) is 0 Å². The van der Waals surface area contributed by atoms with Crippen molar-refractivity contribution in [3.8, 4) is 5.69 Å². The van der Waals surface area contributed by atoms with E-state index in [4.69, 9.17) is 5.73 Å². The molecule has 1 aliphatic heterocycles. The number of nitrogens with one attached hydrogen (secondary N) is 1. The second kappa shape index (κ2) is 6.29. The molecule has 6 heteroatoms. The molecule has 5 nitrogen and oxygen atoms in total. The number of primary amides is 1. The van der Waals surface area contributed by atoms with Crippen molar-refractivity contribution in [2.75, 3.05) is 13.1 Å². The summed E-state index contributed by atoms with van der Waals surface area (Å²) in [6, 6.07) is 13.3. The lowest BCUT2D eigenvalue weighted by atomic mass is 9.91. The van der Waals surface area contributed by atoms with Gasteiger partial charge in [0.1, 0.15) is 11.7 Å². The minimum Gasteiger partial charge on any atom is -0.366 e. The topological polar surface area (TPSA) is 72.9 Å². The van der Waals surface area contributed by atoms with Crippen LogP contribution in [0.4, 0.5) is 4.39 Å². The number of nitrogens with two attached hydrogens (primary N) is 1. The van der Waals surface area contributed by atoms with E-state index in [0.717, 1.165) is 23.2 Å². The zero-order valence-corrected chi connectivity index (χ0v) is 13.7. The molecule has 2 heterocycles. The van der Waals surface area contributed by atoms with E-state index in [2.05, 4.69) is 10.4 Å². The average molecular weight is 338 g/mol. The van der Waals surface area contributed by atoms with Crippen LogP contribution < -0.4 is 11.1 Å². The Bertz CT molecular complexity index is 919. The first-order valence-corrected chi connectivity index (χ1v) is 8.35. The number of carbonyl (C=O) groups excluding carboxylic acids is 1. The summed E-state index contributed by atoms with van der Waals surface area (Å²) in [4.78, 5) is 11.5. The van der Waals surface area contributed by atoms with E-state index in [1.54, 1.807) is 16.8 Å². The molecule has 4 rings (SSSR count). The number of hydrogen-bond donors (Lipinski definition) is 2. The van der Waals surface area contributed by atoms with E-state index in [1.165, 1.54) is 0 Å². The number of rotatable bonds is 3. The quantitative estimate of drug-likeness (QED) is 0.771. The third-order valence-corrected chi connectivity index (χ3v) is 4.73. The summed E-state index contributed by atoms with van der Waals surface area (Å²) in [6.45, 7) is 1.24. The average Bonchev–Trinajstić information content (AvgIpc) is 3.06. The molecule has 2 atom stereocenters. The minimum atomic E-state index is -0.790. The van der Waals surface area contributed by atoms with Crippen molar-refractivity contribution in [2.24, 2.45) is 5.73 Å². The van der Waals surface area contributed by atoms with Crippen LogP contribution in [0.5, 0.6) is 0 Å². The molecule has 0 bridgehead atoms. The van der Waals surface area contributed by atoms with Gasteiger partial charge in [-0.3, -0.25) is 4.79 Å². The number of alkyl halides is 1. The molecular formula is C19H19FN4O. The first kappa shape index (κ1) is 15.8. The molecule has 25 heavy (non-hydrogen) atoms. The number of piperidine rings is 1. The lowest BCUT2D eigenvalue weighted by Crippen LogP contribution is -2.36. The fourth-order valence-corrected chi connectivity index (χ4v) is 3.42. The Morgan fingerprint density at radius 2 is 2.00 bits per heavy atom. The van der Waals surface area contributed by atoms with Crippen LogP contribution in [0.2, 0.25) is 0 Å². The molecular weight excluding hydrogens is 319 g/mol. The van der Waals surface area contributed by atoms with Gasteiger partial charge in [-0.05, 0) is 36.1 Å². The summed E-state index contributed by atoms with van der Waals surface area (Å²) in [5.74, 6) is -0.298. The number of hydrogen-bond acceptors (Lipinski definition) is 3. The van der Waals surface area contributed by atoms with Gasteiger partial charge in [0.15, 0.2) is 0 Å². The molecule has 3 aromatic rings. The predicted octanol–water partition coefficient (Wildman–Crippen LogP) is 2.54. The summed E-state index contributed by atoms with van der Waals surface area (Å²) in [5.41, 5.74) is 8.43. The van der Waals surface area contributed by atoms with E-state index >= 15 is 0 Å². The minimum absolute atomic E-state index is 0.191. The largest absolute Gasteiger partial charge is 0.366 e. The second-order valence-corrected chi connectivity index (χ2v) is 6.46. The van der Waals surface area contributed by atoms with Gasteiger partial charge in [0.25, 0.3) is 5.91 Å². The smallest absolute Gasteiger partial charge is 0.250 e. The molecule has 0 saturated carbocycles. The molecule has 128 valence electrons. The number of benzene rings is 2. The van der Waals surface area contributed by atoms with Gasteiger partial charge in [-0.1, -0.05) is 24.3 Å². The molecule has 0 spiro atoms. The van der Waals surface area contributed by atoms with Crippen molar-refractivity contribution >= 4 is 16.8 Å². The molecule has 0 unspecified atom stereocenters. The van der Waals surface area contributed by atoms with Crippen molar-refractivity contribution in [1.29, 1.82) is 0 Å². The first-order chi connectivity index (χ1) is 12.1. The lowest BCUT2D eigenvalue weighted by molar-refractivity contribution is 0.100. The van der Waals surface area contributed by atoms with Crippen molar-refractivity contribution in [3.63, 3.8) is 0 Å². The number of halogens is 1. The zero-order chi connectivity index (χ0) is 17.4. The monoisotopic (exact) mass is 338 g/mol. The number of fused-ring (bicyclic) bond motifs is 1. The normalized spacial score (nSPS) is 20.7. The second-order valence-electron chi connectivity index (χ2n) is 6.46. The van der Waals surface area contributed by atoms with E-state index in [9.17, 15) is 9.18 Å². The first-order valence-electron chi connectivity index (χ1n) is 8.35. The van der Waals surface area contributed by atoms with Gasteiger partial charge in [-0.2, -0.15) is 5.10 Å². The van der Waals surface area contributed by atoms with Crippen LogP contribution in [-0.2, 0) is 0 Å². The Labute approximate surface area is 144 Å². The standard InChI is InChI=1S/C19H19FN4O/c20-15-8-14(9-22-10-15)12-4-6-16(7-5-12)24-11-13-2-1-3-17(19(21)25)18(13)23-24/h1-7,11,14-15,22H,8-10H2,(H2,21,25)/t14-,15-/m1/s1. The Kier molecular flexibility index (Phi) is 3.97. The van der Waals surface area contributed by atoms with Crippen LogP contribution in [0.25, 0.3) is 16.6 Å². The highest BCUT2D eigenvalue weighted by atomic mass is 19.1. The van der Waals surface area contributed by atoms with E-state index in [1.807, 2.05) is 36.5 Å². The maximum absolute atomic E-state index is 13.6. The van der Waals surface area contributed by atoms with Crippen molar-refractivity contribution in [3.05, 3.63) is 59.8 Å². The van der Waals surface area contributed by atoms with Crippen molar-refractivity contribution < 1.29 is 9.18 Å². The van der Waals surface area contributed by atoms with Crippen LogP contribution in [0, 0.1) is 0 Å². The molecule has 1 aromatic heterocycles. The van der Waals surface area contributed by atoms with Gasteiger partial charge in [-0.15, -0.1) is 0 Å². The number of aromatic nitrogens is 2. The van der Waals surface area contributed by atoms with Crippen LogP contribution in [0.15, 0.2) is 48.7 Å². The fraction of sp³-hybridized carbons (Fsp3) is 0.263. The number of carbonyl (C=O) groups is 1. The Hall–Kier alpha value is -2.73. The molecule has 3 N–H and O–H groups in total. The van der Waals surface area contributed by atoms with Crippen LogP contribution in [0.1, 0.15) is 28.3 Å². The SMILES string of the molecule is NC(=O)c1cccc2cn(-c3ccc([C@H]4CNC[C@H](F)C4)cc3)nc12. The Balaban J connectivity index is 1.65. The summed E-state index contributed by atoms with van der Waals surface area (Å²) >= 11 is 0. The van der Waals surface area contributed by atoms with Crippen LogP contribution in [-0.4, -0.2) is 34.9 Å². The van der Waals surface area contributed by atoms with E-state index in [0.29, 0.717) is 24.0 Å². The van der Waals surface area contributed by atoms with Crippen LogP contribution >= 0.6 is 0 Å². The lowest BCUT2D eigenvalue weighted by Gasteiger charge is -2.26. The van der Waals surface area contributed by atoms with Gasteiger partial charge >= 0.3 is 0 Å². The van der Waals surface area contributed by atoms with Gasteiger partial charge in [-0.25, -0.2) is 9.07 Å². The van der Waals surface area contributed by atoms with E-state index in [-0.39, 0.29) is 5.92 Å². The highest BCUT2D eigenvalue weighted by Gasteiger charge is 2.22. The van der Waals surface area contributed by atoms with Gasteiger partial charge in [0, 0.05) is 24.7 Å². The molecule has 1 amide bonds. The molecule has 0 aliphatic carbocycles. The molecule has 1 saturated heterocycles. The maximum Gasteiger partial charge on any atom is 0.250 e. The Morgan fingerprint density at radius 3 is 2.72 bits per heavy atom. The zero-order valence-electron chi connectivity index (χ0n) is 13.7. The summed E-state index contributed by atoms with van der Waals surface area (Å²) < 4.78 is 15.3. The van der Waals surface area contributed by atoms with Crippen LogP contribution in [0.3, 0.4) is 0 Å². The van der Waals surface area contributed by atoms with Crippen molar-refractivity contribution in [1.82, 2.24) is 15.1 Å². The summed E-state index contributed by atoms with van der Waals surface area (Å²) in [7, 11) is 0. The molecule has 0 radical (unpaired) electrons. The van der Waals surface area contributed by atoms with Crippen molar-refractivity contribution in [2.45, 2.75) is 18.5 Å². The molecule has 1 fully saturated rings. The number of nitrogens with zero attached hydrogens (tertiary/aromatic N) is 2. The fourth-order valence-electron chi connectivity index (χ4n) is 3.42. The van der Waals surface area contributed by atoms with E-state index < -0.39 is 12.1 Å².